The number of aliphatic carboxylic acids is 1. The Balaban J connectivity index is 2.27. The van der Waals surface area contributed by atoms with Crippen molar-refractivity contribution < 1.29 is 19.5 Å². The molecule has 1 aliphatic heterocycles. The van der Waals surface area contributed by atoms with Crippen molar-refractivity contribution >= 4 is 23.5 Å². The number of anilines is 1. The van der Waals surface area contributed by atoms with Crippen LogP contribution in [0.3, 0.4) is 0 Å². The van der Waals surface area contributed by atoms with Crippen LogP contribution in [0.15, 0.2) is 24.3 Å². The highest BCUT2D eigenvalue weighted by atomic mass is 16.4. The van der Waals surface area contributed by atoms with Crippen molar-refractivity contribution in [3.05, 3.63) is 29.8 Å². The highest BCUT2D eigenvalue weighted by molar-refractivity contribution is 6.02. The van der Waals surface area contributed by atoms with Crippen molar-refractivity contribution in [2.45, 2.75) is 25.7 Å². The van der Waals surface area contributed by atoms with E-state index < -0.39 is 11.4 Å². The molecule has 1 aliphatic rings. The van der Waals surface area contributed by atoms with E-state index in [-0.39, 0.29) is 31.3 Å². The first-order valence-corrected chi connectivity index (χ1v) is 7.07. The quantitative estimate of drug-likeness (QED) is 0.847. The minimum absolute atomic E-state index is 0.0110. The summed E-state index contributed by atoms with van der Waals surface area (Å²) in [5, 5.41) is 9.02. The van der Waals surface area contributed by atoms with Crippen molar-refractivity contribution in [2.75, 3.05) is 25.0 Å². The van der Waals surface area contributed by atoms with Crippen molar-refractivity contribution in [1.29, 1.82) is 0 Å². The molecule has 1 heterocycles. The number of hydrogen-bond acceptors (Lipinski definition) is 4. The van der Waals surface area contributed by atoms with Gasteiger partial charge in [-0.2, -0.15) is 0 Å². The van der Waals surface area contributed by atoms with Crippen molar-refractivity contribution in [2.24, 2.45) is 0 Å². The van der Waals surface area contributed by atoms with Crippen molar-refractivity contribution in [1.82, 2.24) is 4.90 Å². The lowest BCUT2D eigenvalue weighted by molar-refractivity contribution is -0.143. The van der Waals surface area contributed by atoms with E-state index in [2.05, 4.69) is 0 Å². The number of carboxylic acid groups (broad SMARTS) is 1. The number of benzene rings is 1. The van der Waals surface area contributed by atoms with Gasteiger partial charge in [0.1, 0.15) is 0 Å². The van der Waals surface area contributed by atoms with Gasteiger partial charge in [-0.1, -0.05) is 26.0 Å². The average Bonchev–Trinajstić information content (AvgIpc) is 2.43. The lowest BCUT2D eigenvalue weighted by atomic mass is 9.81. The zero-order chi connectivity index (χ0) is 16.5. The number of nitrogens with zero attached hydrogens (tertiary/aromatic N) is 2. The molecular weight excluding hydrogens is 284 g/mol. The molecule has 0 atom stereocenters. The lowest BCUT2D eigenvalue weighted by Crippen LogP contribution is -2.52. The molecule has 0 spiro atoms. The summed E-state index contributed by atoms with van der Waals surface area (Å²) in [4.78, 5) is 37.4. The van der Waals surface area contributed by atoms with E-state index in [1.165, 1.54) is 7.05 Å². The fourth-order valence-corrected chi connectivity index (χ4v) is 2.52. The molecule has 0 radical (unpaired) electrons. The first-order valence-electron chi connectivity index (χ1n) is 7.07. The number of hydrogen-bond donors (Lipinski definition) is 1. The molecule has 6 nitrogen and oxygen atoms in total. The summed E-state index contributed by atoms with van der Waals surface area (Å²) >= 11 is 0. The van der Waals surface area contributed by atoms with E-state index >= 15 is 0 Å². The highest BCUT2D eigenvalue weighted by Gasteiger charge is 2.29. The maximum absolute atomic E-state index is 11.8. The number of imide groups is 1. The van der Waals surface area contributed by atoms with Gasteiger partial charge in [0.05, 0.1) is 19.5 Å². The fourth-order valence-electron chi connectivity index (χ4n) is 2.52. The Morgan fingerprint density at radius 1 is 1.23 bits per heavy atom. The topological polar surface area (TPSA) is 77.9 Å². The maximum Gasteiger partial charge on any atom is 0.304 e. The third-order valence-electron chi connectivity index (χ3n) is 3.99. The van der Waals surface area contributed by atoms with Crippen LogP contribution in [0.25, 0.3) is 0 Å². The molecule has 1 fully saturated rings. The second-order valence-electron chi connectivity index (χ2n) is 6.21. The Morgan fingerprint density at radius 2 is 1.82 bits per heavy atom. The molecule has 0 saturated carbocycles. The summed E-state index contributed by atoms with van der Waals surface area (Å²) in [6.45, 7) is 4.01. The van der Waals surface area contributed by atoms with Gasteiger partial charge in [0.25, 0.3) is 0 Å². The van der Waals surface area contributed by atoms with E-state index in [9.17, 15) is 14.4 Å². The standard InChI is InChI=1S/C16H20N2O4/c1-16(2,8-15(21)22)11-5-4-6-12(7-11)18-9-13(19)17(3)14(20)10-18/h4-7H,8-10H2,1-3H3,(H,21,22). The van der Waals surface area contributed by atoms with Crippen LogP contribution in [-0.2, 0) is 19.8 Å². The second-order valence-corrected chi connectivity index (χ2v) is 6.21. The number of carboxylic acids is 1. The normalized spacial score (nSPS) is 16.1. The minimum atomic E-state index is -0.861. The third kappa shape index (κ3) is 3.27. The predicted molar refractivity (Wildman–Crippen MR) is 81.7 cm³/mol. The zero-order valence-corrected chi connectivity index (χ0v) is 13.0. The summed E-state index contributed by atoms with van der Waals surface area (Å²) in [5.74, 6) is -1.35. The number of piperazine rings is 1. The monoisotopic (exact) mass is 304 g/mol. The second kappa shape index (κ2) is 5.79. The maximum atomic E-state index is 11.8. The van der Waals surface area contributed by atoms with Gasteiger partial charge < -0.3 is 10.0 Å². The Morgan fingerprint density at radius 3 is 2.36 bits per heavy atom. The van der Waals surface area contributed by atoms with Crippen LogP contribution in [0.4, 0.5) is 5.69 Å². The number of carbonyl (C=O) groups excluding carboxylic acids is 2. The average molecular weight is 304 g/mol. The Kier molecular flexibility index (Phi) is 4.21. The van der Waals surface area contributed by atoms with Crippen LogP contribution < -0.4 is 4.90 Å². The third-order valence-corrected chi connectivity index (χ3v) is 3.99. The van der Waals surface area contributed by atoms with Gasteiger partial charge in [-0.15, -0.1) is 0 Å². The predicted octanol–water partition coefficient (Wildman–Crippen LogP) is 1.24. The highest BCUT2D eigenvalue weighted by Crippen LogP contribution is 2.30. The molecule has 0 aliphatic carbocycles. The number of likely N-dealkylation sites (N-methyl/N-ethyl adjacent to an activating group) is 1. The van der Waals surface area contributed by atoms with Crippen LogP contribution in [0, 0.1) is 0 Å². The van der Waals surface area contributed by atoms with E-state index in [1.807, 2.05) is 38.1 Å². The van der Waals surface area contributed by atoms with Gasteiger partial charge in [-0.05, 0) is 17.7 Å². The largest absolute Gasteiger partial charge is 0.481 e. The van der Waals surface area contributed by atoms with Gasteiger partial charge >= 0.3 is 5.97 Å². The van der Waals surface area contributed by atoms with Crippen LogP contribution in [-0.4, -0.2) is 47.9 Å². The van der Waals surface area contributed by atoms with Gasteiger partial charge in [0.2, 0.25) is 11.8 Å². The molecule has 6 heteroatoms. The minimum Gasteiger partial charge on any atom is -0.481 e. The fraction of sp³-hybridized carbons (Fsp3) is 0.438. The Bertz CT molecular complexity index is 606. The van der Waals surface area contributed by atoms with Gasteiger partial charge in [0, 0.05) is 18.2 Å². The molecule has 2 amide bonds. The molecule has 1 saturated heterocycles. The molecular formula is C16H20N2O4. The molecule has 0 unspecified atom stereocenters. The number of rotatable bonds is 4. The van der Waals surface area contributed by atoms with Crippen LogP contribution in [0.2, 0.25) is 0 Å². The van der Waals surface area contributed by atoms with Gasteiger partial charge in [-0.25, -0.2) is 0 Å². The number of amides is 2. The molecule has 118 valence electrons. The summed E-state index contributed by atoms with van der Waals surface area (Å²) in [7, 11) is 1.48. The van der Waals surface area contributed by atoms with Gasteiger partial charge in [0.15, 0.2) is 0 Å². The molecule has 22 heavy (non-hydrogen) atoms. The first kappa shape index (κ1) is 16.0. The molecule has 0 bridgehead atoms. The number of carbonyl (C=O) groups is 3. The molecule has 1 aromatic carbocycles. The molecule has 0 aromatic heterocycles. The summed E-state index contributed by atoms with van der Waals surface area (Å²) in [5.41, 5.74) is 1.10. The van der Waals surface area contributed by atoms with E-state index in [4.69, 9.17) is 5.11 Å². The Hall–Kier alpha value is -2.37. The van der Waals surface area contributed by atoms with Crippen LogP contribution in [0.1, 0.15) is 25.8 Å². The molecule has 1 aromatic rings. The summed E-state index contributed by atoms with van der Waals surface area (Å²) in [6.07, 6.45) is 0.0110. The van der Waals surface area contributed by atoms with E-state index in [0.29, 0.717) is 0 Å². The lowest BCUT2D eigenvalue weighted by Gasteiger charge is -2.33. The van der Waals surface area contributed by atoms with Gasteiger partial charge in [-0.3, -0.25) is 19.3 Å². The van der Waals surface area contributed by atoms with Crippen LogP contribution >= 0.6 is 0 Å². The van der Waals surface area contributed by atoms with Crippen molar-refractivity contribution in [3.8, 4) is 0 Å². The van der Waals surface area contributed by atoms with Crippen molar-refractivity contribution in [3.63, 3.8) is 0 Å². The summed E-state index contributed by atoms with van der Waals surface area (Å²) in [6, 6.07) is 7.37. The SMILES string of the molecule is CN1C(=O)CN(c2cccc(C(C)(C)CC(=O)O)c2)CC1=O. The van der Waals surface area contributed by atoms with Crippen LogP contribution in [0.5, 0.6) is 0 Å². The molecule has 1 N–H and O–H groups in total. The zero-order valence-electron chi connectivity index (χ0n) is 13.0. The summed E-state index contributed by atoms with van der Waals surface area (Å²) < 4.78 is 0. The van der Waals surface area contributed by atoms with E-state index in [1.54, 1.807) is 4.90 Å². The first-order chi connectivity index (χ1) is 10.2. The smallest absolute Gasteiger partial charge is 0.304 e. The molecule has 2 rings (SSSR count). The van der Waals surface area contributed by atoms with E-state index in [0.717, 1.165) is 16.2 Å². The Labute approximate surface area is 129 Å².